The summed E-state index contributed by atoms with van der Waals surface area (Å²) in [6.07, 6.45) is 7.88. The molecule has 4 rings (SSSR count). The molecule has 0 radical (unpaired) electrons. The van der Waals surface area contributed by atoms with Crippen molar-refractivity contribution < 1.29 is 9.53 Å². The summed E-state index contributed by atoms with van der Waals surface area (Å²) in [5.74, 6) is 1.13. The largest absolute Gasteiger partial charge is 0.448 e. The van der Waals surface area contributed by atoms with Crippen LogP contribution < -0.4 is 0 Å². The molecule has 0 aromatic heterocycles. The number of hydrogen-bond donors (Lipinski definition) is 0. The summed E-state index contributed by atoms with van der Waals surface area (Å²) in [7, 11) is 0. The van der Waals surface area contributed by atoms with Crippen LogP contribution in [0.15, 0.2) is 11.6 Å². The quantitative estimate of drug-likeness (QED) is 0.742. The Morgan fingerprint density at radius 1 is 1.53 bits per heavy atom. The lowest BCUT2D eigenvalue weighted by molar-refractivity contribution is -0.200. The van der Waals surface area contributed by atoms with Crippen LogP contribution in [0.1, 0.15) is 39.0 Å². The fraction of sp³-hybridized carbons (Fsp3) is 0.800. The SMILES string of the molecule is CCCSC1CC2=CC(=O)OC23[C@H]2CCCCN2[C@H]13. The number of thioether (sulfide) groups is 1. The predicted octanol–water partition coefficient (Wildman–Crippen LogP) is 2.36. The Hall–Kier alpha value is -0.480. The summed E-state index contributed by atoms with van der Waals surface area (Å²) in [6, 6.07) is 0.947. The van der Waals surface area contributed by atoms with Gasteiger partial charge in [0.2, 0.25) is 0 Å². The van der Waals surface area contributed by atoms with Gasteiger partial charge in [0, 0.05) is 11.3 Å². The van der Waals surface area contributed by atoms with Crippen LogP contribution in [0, 0.1) is 0 Å². The lowest BCUT2D eigenvalue weighted by Gasteiger charge is -2.61. The fourth-order valence-electron chi connectivity index (χ4n) is 4.61. The Bertz CT molecular complexity index is 449. The molecule has 104 valence electrons. The molecular formula is C15H21NO2S. The minimum atomic E-state index is -0.205. The average Bonchev–Trinajstić information content (AvgIpc) is 2.85. The van der Waals surface area contributed by atoms with Crippen LogP contribution in [0.4, 0.5) is 0 Å². The van der Waals surface area contributed by atoms with Crippen LogP contribution in [0.2, 0.25) is 0 Å². The van der Waals surface area contributed by atoms with Crippen molar-refractivity contribution in [1.82, 2.24) is 4.90 Å². The third-order valence-corrected chi connectivity index (χ3v) is 6.71. The first-order chi connectivity index (χ1) is 9.27. The second kappa shape index (κ2) is 4.26. The minimum absolute atomic E-state index is 0.0934. The summed E-state index contributed by atoms with van der Waals surface area (Å²) >= 11 is 2.08. The van der Waals surface area contributed by atoms with Crippen molar-refractivity contribution in [3.8, 4) is 0 Å². The molecule has 0 aromatic rings. The third-order valence-electron chi connectivity index (χ3n) is 5.21. The second-order valence-corrected chi connectivity index (χ2v) is 7.54. The lowest BCUT2D eigenvalue weighted by atomic mass is 9.71. The molecule has 3 nitrogen and oxygen atoms in total. The van der Waals surface area contributed by atoms with Gasteiger partial charge in [0.05, 0.1) is 12.1 Å². The first kappa shape index (κ1) is 12.3. The zero-order valence-corrected chi connectivity index (χ0v) is 12.2. The van der Waals surface area contributed by atoms with E-state index >= 15 is 0 Å². The Morgan fingerprint density at radius 3 is 3.26 bits per heavy atom. The van der Waals surface area contributed by atoms with Gasteiger partial charge in [-0.05, 0) is 43.6 Å². The molecule has 1 saturated carbocycles. The highest BCUT2D eigenvalue weighted by Crippen LogP contribution is 2.60. The maximum atomic E-state index is 11.7. The van der Waals surface area contributed by atoms with Crippen LogP contribution in [-0.2, 0) is 9.53 Å². The molecule has 2 unspecified atom stereocenters. The summed E-state index contributed by atoms with van der Waals surface area (Å²) in [5.41, 5.74) is 1.10. The van der Waals surface area contributed by atoms with E-state index in [9.17, 15) is 4.79 Å². The van der Waals surface area contributed by atoms with E-state index in [1.54, 1.807) is 6.08 Å². The molecule has 0 bridgehead atoms. The molecule has 4 heteroatoms. The van der Waals surface area contributed by atoms with Gasteiger partial charge in [-0.1, -0.05) is 13.3 Å². The van der Waals surface area contributed by atoms with Gasteiger partial charge in [-0.25, -0.2) is 4.79 Å². The van der Waals surface area contributed by atoms with E-state index < -0.39 is 0 Å². The summed E-state index contributed by atoms with van der Waals surface area (Å²) < 4.78 is 5.86. The van der Waals surface area contributed by atoms with Gasteiger partial charge in [0.1, 0.15) is 0 Å². The average molecular weight is 279 g/mol. The van der Waals surface area contributed by atoms with E-state index in [-0.39, 0.29) is 11.6 Å². The van der Waals surface area contributed by atoms with Crippen molar-refractivity contribution in [2.75, 3.05) is 12.3 Å². The number of esters is 1. The molecule has 2 saturated heterocycles. The topological polar surface area (TPSA) is 29.5 Å². The zero-order valence-electron chi connectivity index (χ0n) is 11.4. The van der Waals surface area contributed by atoms with Crippen LogP contribution in [0.25, 0.3) is 0 Å². The highest BCUT2D eigenvalue weighted by molar-refractivity contribution is 8.00. The van der Waals surface area contributed by atoms with E-state index in [0.29, 0.717) is 17.3 Å². The molecule has 0 aromatic carbocycles. The van der Waals surface area contributed by atoms with Gasteiger partial charge in [-0.2, -0.15) is 11.8 Å². The van der Waals surface area contributed by atoms with Crippen molar-refractivity contribution >= 4 is 17.7 Å². The van der Waals surface area contributed by atoms with Crippen molar-refractivity contribution in [3.05, 3.63) is 11.6 Å². The molecule has 1 aliphatic carbocycles. The third kappa shape index (κ3) is 1.47. The van der Waals surface area contributed by atoms with E-state index in [2.05, 4.69) is 23.6 Å². The smallest absolute Gasteiger partial charge is 0.331 e. The predicted molar refractivity (Wildman–Crippen MR) is 76.2 cm³/mol. The summed E-state index contributed by atoms with van der Waals surface area (Å²) in [6.45, 7) is 3.44. The van der Waals surface area contributed by atoms with Gasteiger partial charge in [0.25, 0.3) is 0 Å². The molecule has 4 atom stereocenters. The number of hydrogen-bond acceptors (Lipinski definition) is 4. The fourth-order valence-corrected chi connectivity index (χ4v) is 5.99. The van der Waals surface area contributed by atoms with Gasteiger partial charge in [-0.3, -0.25) is 4.90 Å². The van der Waals surface area contributed by atoms with Crippen LogP contribution in [0.5, 0.6) is 0 Å². The van der Waals surface area contributed by atoms with Gasteiger partial charge in [0.15, 0.2) is 5.60 Å². The number of carbonyl (C=O) groups is 1. The van der Waals surface area contributed by atoms with E-state index in [1.807, 2.05) is 0 Å². The van der Waals surface area contributed by atoms with Crippen molar-refractivity contribution in [2.24, 2.45) is 0 Å². The monoisotopic (exact) mass is 279 g/mol. The standard InChI is InChI=1S/C15H21NO2S/c1-2-7-19-11-8-10-9-13(17)18-15(10)12-5-3-4-6-16(12)14(11)15/h9,11-12,14H,2-8H2,1H3/t11?,12-,14-,15?/m1/s1. The van der Waals surface area contributed by atoms with Gasteiger partial charge in [-0.15, -0.1) is 0 Å². The maximum absolute atomic E-state index is 11.7. The Balaban J connectivity index is 1.65. The molecular weight excluding hydrogens is 258 g/mol. The lowest BCUT2D eigenvalue weighted by Crippen LogP contribution is -2.77. The first-order valence-corrected chi connectivity index (χ1v) is 8.63. The highest BCUT2D eigenvalue weighted by atomic mass is 32.2. The number of fused-ring (bicyclic) bond motifs is 2. The van der Waals surface area contributed by atoms with Crippen molar-refractivity contribution in [3.63, 3.8) is 0 Å². The second-order valence-electron chi connectivity index (χ2n) is 6.19. The normalized spacial score (nSPS) is 43.9. The molecule has 4 aliphatic rings. The molecule has 3 fully saturated rings. The number of piperidine rings is 1. The summed E-state index contributed by atoms with van der Waals surface area (Å²) in [5, 5.41) is 0.633. The van der Waals surface area contributed by atoms with Gasteiger partial charge < -0.3 is 4.74 Å². The molecule has 19 heavy (non-hydrogen) atoms. The molecule has 3 aliphatic heterocycles. The Labute approximate surface area is 118 Å². The van der Waals surface area contributed by atoms with E-state index in [1.165, 1.54) is 43.6 Å². The van der Waals surface area contributed by atoms with Crippen LogP contribution in [-0.4, -0.2) is 46.1 Å². The first-order valence-electron chi connectivity index (χ1n) is 7.58. The van der Waals surface area contributed by atoms with Crippen LogP contribution >= 0.6 is 11.8 Å². The molecule has 3 heterocycles. The summed E-state index contributed by atoms with van der Waals surface area (Å²) in [4.78, 5) is 14.3. The number of ether oxygens (including phenoxy) is 1. The number of carbonyl (C=O) groups excluding carboxylic acids is 1. The van der Waals surface area contributed by atoms with Crippen molar-refractivity contribution in [2.45, 2.75) is 62.0 Å². The van der Waals surface area contributed by atoms with E-state index in [4.69, 9.17) is 4.74 Å². The minimum Gasteiger partial charge on any atom is -0.448 e. The van der Waals surface area contributed by atoms with Crippen molar-refractivity contribution in [1.29, 1.82) is 0 Å². The number of nitrogens with zero attached hydrogens (tertiary/aromatic N) is 1. The zero-order chi connectivity index (χ0) is 13.0. The maximum Gasteiger partial charge on any atom is 0.331 e. The van der Waals surface area contributed by atoms with Crippen LogP contribution in [0.3, 0.4) is 0 Å². The van der Waals surface area contributed by atoms with E-state index in [0.717, 1.165) is 6.42 Å². The van der Waals surface area contributed by atoms with Gasteiger partial charge >= 0.3 is 5.97 Å². The Kier molecular flexibility index (Phi) is 2.75. The molecule has 0 amide bonds. The Morgan fingerprint density at radius 2 is 2.42 bits per heavy atom. The molecule has 0 N–H and O–H groups in total. The molecule has 1 spiro atoms. The highest BCUT2D eigenvalue weighted by Gasteiger charge is 2.72. The number of rotatable bonds is 3.